The first kappa shape index (κ1) is 15.6. The fraction of sp³-hybridized carbons (Fsp3) is 0.182. The Bertz CT molecular complexity index is 878. The van der Waals surface area contributed by atoms with Crippen LogP contribution in [0.1, 0.15) is 23.1 Å². The summed E-state index contributed by atoms with van der Waals surface area (Å²) in [5.74, 6) is 0. The summed E-state index contributed by atoms with van der Waals surface area (Å²) >= 11 is 0. The van der Waals surface area contributed by atoms with Gasteiger partial charge in [-0.25, -0.2) is 4.99 Å². The third kappa shape index (κ3) is 3.18. The average molecular weight is 328 g/mol. The summed E-state index contributed by atoms with van der Waals surface area (Å²) in [4.78, 5) is 15.5. The highest BCUT2D eigenvalue weighted by Crippen LogP contribution is 2.38. The van der Waals surface area contributed by atoms with E-state index in [4.69, 9.17) is 4.99 Å². The molecular weight excluding hydrogens is 308 g/mol. The maximum absolute atomic E-state index is 10.8. The number of hydrogen-bond donors (Lipinski definition) is 1. The van der Waals surface area contributed by atoms with E-state index >= 15 is 0 Å². The smallest absolute Gasteiger partial charge is 0.207 e. The van der Waals surface area contributed by atoms with Crippen molar-refractivity contribution in [1.82, 2.24) is 5.32 Å². The molecule has 1 atom stereocenters. The van der Waals surface area contributed by atoms with Gasteiger partial charge in [0.15, 0.2) is 0 Å². The van der Waals surface area contributed by atoms with Crippen LogP contribution in [0.4, 0.5) is 5.69 Å². The zero-order valence-electron chi connectivity index (χ0n) is 14.0. The first-order valence-electron chi connectivity index (χ1n) is 8.69. The minimum Gasteiger partial charge on any atom is -0.347 e. The van der Waals surface area contributed by atoms with Crippen molar-refractivity contribution in [2.75, 3.05) is 0 Å². The number of hydrogen-bond acceptors (Lipinski definition) is 2. The topological polar surface area (TPSA) is 41.5 Å². The Kier molecular flexibility index (Phi) is 4.30. The number of nitrogens with zero attached hydrogens (tertiary/aromatic N) is 1. The van der Waals surface area contributed by atoms with Crippen LogP contribution in [0.2, 0.25) is 0 Å². The first-order chi connectivity index (χ1) is 12.3. The van der Waals surface area contributed by atoms with Crippen molar-refractivity contribution < 1.29 is 4.79 Å². The van der Waals surface area contributed by atoms with E-state index in [2.05, 4.69) is 59.9 Å². The van der Waals surface area contributed by atoms with Crippen molar-refractivity contribution in [3.8, 4) is 0 Å². The summed E-state index contributed by atoms with van der Waals surface area (Å²) in [6.07, 6.45) is 10.0. The highest BCUT2D eigenvalue weighted by atomic mass is 16.1. The van der Waals surface area contributed by atoms with E-state index in [9.17, 15) is 4.79 Å². The molecule has 1 aliphatic carbocycles. The van der Waals surface area contributed by atoms with Gasteiger partial charge >= 0.3 is 0 Å². The molecule has 1 unspecified atom stereocenters. The Hall–Kier alpha value is -2.94. The summed E-state index contributed by atoms with van der Waals surface area (Å²) in [7, 11) is 0. The van der Waals surface area contributed by atoms with Crippen LogP contribution in [0.25, 0.3) is 5.57 Å². The normalized spacial score (nSPS) is 17.4. The fourth-order valence-electron chi connectivity index (χ4n) is 3.50. The lowest BCUT2D eigenvalue weighted by Gasteiger charge is -2.16. The molecule has 4 rings (SSSR count). The molecule has 0 bridgehead atoms. The van der Waals surface area contributed by atoms with Crippen LogP contribution in [-0.2, 0) is 17.6 Å². The standard InChI is InChI=1S/C22H20N2O/c25-15-23-21-11-5-10-18-19-14-17(12-13-20(19)24-22(18)21)9-4-8-16-6-2-1-3-7-16/h1-3,5-7,10-15,21H,4,8-9H2,(H,23,25). The van der Waals surface area contributed by atoms with E-state index in [1.165, 1.54) is 16.7 Å². The Morgan fingerprint density at radius 3 is 2.72 bits per heavy atom. The third-order valence-electron chi connectivity index (χ3n) is 4.75. The van der Waals surface area contributed by atoms with Gasteiger partial charge in [0.1, 0.15) is 0 Å². The van der Waals surface area contributed by atoms with Gasteiger partial charge in [0.25, 0.3) is 0 Å². The molecule has 124 valence electrons. The number of amides is 1. The minimum absolute atomic E-state index is 0.133. The van der Waals surface area contributed by atoms with Crippen LogP contribution < -0.4 is 5.32 Å². The van der Waals surface area contributed by atoms with Crippen molar-refractivity contribution in [3.05, 3.63) is 83.4 Å². The second kappa shape index (κ2) is 6.89. The molecule has 1 N–H and O–H groups in total. The molecule has 0 saturated carbocycles. The van der Waals surface area contributed by atoms with E-state index in [0.29, 0.717) is 0 Å². The number of carbonyl (C=O) groups is 1. The van der Waals surface area contributed by atoms with Crippen LogP contribution in [0, 0.1) is 0 Å². The second-order valence-corrected chi connectivity index (χ2v) is 6.42. The molecule has 1 amide bonds. The van der Waals surface area contributed by atoms with E-state index in [1.54, 1.807) is 0 Å². The molecule has 1 aliphatic heterocycles. The number of allylic oxidation sites excluding steroid dienone is 2. The molecule has 0 aromatic heterocycles. The summed E-state index contributed by atoms with van der Waals surface area (Å²) in [5.41, 5.74) is 6.95. The first-order valence-corrected chi connectivity index (χ1v) is 8.69. The summed E-state index contributed by atoms with van der Waals surface area (Å²) < 4.78 is 0. The third-order valence-corrected chi connectivity index (χ3v) is 4.75. The predicted molar refractivity (Wildman–Crippen MR) is 102 cm³/mol. The molecule has 0 fully saturated rings. The number of rotatable bonds is 6. The van der Waals surface area contributed by atoms with Gasteiger partial charge < -0.3 is 5.32 Å². The molecule has 25 heavy (non-hydrogen) atoms. The molecule has 2 aromatic carbocycles. The number of benzene rings is 2. The zero-order chi connectivity index (χ0) is 17.1. The van der Waals surface area contributed by atoms with Gasteiger partial charge in [0, 0.05) is 11.1 Å². The highest BCUT2D eigenvalue weighted by molar-refractivity contribution is 6.32. The number of carbonyl (C=O) groups excluding carboxylic acids is 1. The molecule has 0 spiro atoms. The number of aryl methyl sites for hydroxylation is 2. The molecule has 3 nitrogen and oxygen atoms in total. The van der Waals surface area contributed by atoms with Crippen molar-refractivity contribution >= 4 is 23.4 Å². The van der Waals surface area contributed by atoms with Gasteiger partial charge in [-0.1, -0.05) is 54.6 Å². The molecule has 0 radical (unpaired) electrons. The molecule has 1 heterocycles. The van der Waals surface area contributed by atoms with Gasteiger partial charge in [-0.05, 0) is 42.5 Å². The van der Waals surface area contributed by atoms with E-state index in [0.717, 1.165) is 42.6 Å². The predicted octanol–water partition coefficient (Wildman–Crippen LogP) is 4.02. The zero-order valence-corrected chi connectivity index (χ0v) is 14.0. The molecule has 3 heteroatoms. The molecule has 0 saturated heterocycles. The molecular formula is C22H20N2O. The van der Waals surface area contributed by atoms with Crippen LogP contribution in [0.15, 0.2) is 71.8 Å². The Labute approximate surface area is 147 Å². The number of aliphatic imine (C=N–C) groups is 1. The van der Waals surface area contributed by atoms with Crippen molar-refractivity contribution in [1.29, 1.82) is 0 Å². The second-order valence-electron chi connectivity index (χ2n) is 6.42. The van der Waals surface area contributed by atoms with Crippen molar-refractivity contribution in [2.24, 2.45) is 4.99 Å². The number of fused-ring (bicyclic) bond motifs is 3. The monoisotopic (exact) mass is 328 g/mol. The summed E-state index contributed by atoms with van der Waals surface area (Å²) in [6, 6.07) is 17.0. The Morgan fingerprint density at radius 1 is 1.04 bits per heavy atom. The van der Waals surface area contributed by atoms with Gasteiger partial charge in [-0.2, -0.15) is 0 Å². The van der Waals surface area contributed by atoms with Crippen LogP contribution in [0.3, 0.4) is 0 Å². The molecule has 2 aliphatic rings. The molecule has 2 aromatic rings. The maximum Gasteiger partial charge on any atom is 0.207 e. The van der Waals surface area contributed by atoms with Crippen LogP contribution in [-0.4, -0.2) is 18.2 Å². The van der Waals surface area contributed by atoms with Gasteiger partial charge in [0.05, 0.1) is 17.4 Å². The van der Waals surface area contributed by atoms with E-state index in [-0.39, 0.29) is 6.04 Å². The lowest BCUT2D eigenvalue weighted by Crippen LogP contribution is -2.34. The van der Waals surface area contributed by atoms with Gasteiger partial charge in [0.2, 0.25) is 6.41 Å². The fourth-order valence-corrected chi connectivity index (χ4v) is 3.50. The van der Waals surface area contributed by atoms with E-state index < -0.39 is 0 Å². The largest absolute Gasteiger partial charge is 0.347 e. The minimum atomic E-state index is -0.133. The lowest BCUT2D eigenvalue weighted by molar-refractivity contribution is -0.109. The Morgan fingerprint density at radius 2 is 1.88 bits per heavy atom. The highest BCUT2D eigenvalue weighted by Gasteiger charge is 2.27. The van der Waals surface area contributed by atoms with Crippen molar-refractivity contribution in [2.45, 2.75) is 25.3 Å². The van der Waals surface area contributed by atoms with Gasteiger partial charge in [-0.15, -0.1) is 0 Å². The number of nitrogens with one attached hydrogen (secondary N) is 1. The average Bonchev–Trinajstić information content (AvgIpc) is 3.02. The Balaban J connectivity index is 1.48. The quantitative estimate of drug-likeness (QED) is 0.800. The van der Waals surface area contributed by atoms with Gasteiger partial charge in [-0.3, -0.25) is 4.79 Å². The summed E-state index contributed by atoms with van der Waals surface area (Å²) in [5, 5.41) is 2.82. The van der Waals surface area contributed by atoms with Crippen LogP contribution >= 0.6 is 0 Å². The van der Waals surface area contributed by atoms with Crippen LogP contribution in [0.5, 0.6) is 0 Å². The maximum atomic E-state index is 10.8. The SMILES string of the molecule is O=CNC1C=CC=C2C1=Nc1ccc(CCCc3ccccc3)cc12. The van der Waals surface area contributed by atoms with E-state index in [1.807, 2.05) is 12.2 Å². The lowest BCUT2D eigenvalue weighted by atomic mass is 9.92. The summed E-state index contributed by atoms with van der Waals surface area (Å²) in [6.45, 7) is 0. The van der Waals surface area contributed by atoms with Crippen molar-refractivity contribution in [3.63, 3.8) is 0 Å².